The van der Waals surface area contributed by atoms with Crippen molar-refractivity contribution < 1.29 is 24.5 Å². The summed E-state index contributed by atoms with van der Waals surface area (Å²) in [6.45, 7) is 3.35. The Morgan fingerprint density at radius 1 is 1.29 bits per heavy atom. The molecule has 1 saturated heterocycles. The highest BCUT2D eigenvalue weighted by Crippen LogP contribution is 2.23. The van der Waals surface area contributed by atoms with E-state index in [1.807, 2.05) is 24.3 Å². The topological polar surface area (TPSA) is 126 Å². The number of likely N-dealkylation sites (N-methyl/N-ethyl adjacent to an activating group) is 1. The summed E-state index contributed by atoms with van der Waals surface area (Å²) in [6.07, 6.45) is 2.79. The first kappa shape index (κ1) is 25.5. The van der Waals surface area contributed by atoms with Crippen LogP contribution in [0.1, 0.15) is 44.6 Å². The van der Waals surface area contributed by atoms with Crippen LogP contribution in [0.25, 0.3) is 0 Å². The summed E-state index contributed by atoms with van der Waals surface area (Å²) in [7, 11) is 1.79. The van der Waals surface area contributed by atoms with Gasteiger partial charge in [-0.2, -0.15) is 0 Å². The summed E-state index contributed by atoms with van der Waals surface area (Å²) in [6, 6.07) is 7.19. The molecule has 0 aromatic heterocycles. The molecule has 176 valence electrons. The Kier molecular flexibility index (Phi) is 11.2. The van der Waals surface area contributed by atoms with E-state index in [9.17, 15) is 15.0 Å². The molecule has 3 unspecified atom stereocenters. The summed E-state index contributed by atoms with van der Waals surface area (Å²) < 4.78 is 11.4. The first-order valence-corrected chi connectivity index (χ1v) is 11.3. The third-order valence-electron chi connectivity index (χ3n) is 5.85. The lowest BCUT2D eigenvalue weighted by molar-refractivity contribution is -0.184. The van der Waals surface area contributed by atoms with E-state index >= 15 is 0 Å². The Hall–Kier alpha value is -1.71. The Morgan fingerprint density at radius 3 is 2.65 bits per heavy atom. The molecule has 31 heavy (non-hydrogen) atoms. The number of nitrogens with two attached hydrogens (primary N) is 1. The number of amides is 1. The molecular formula is C23H39N3O5. The number of ether oxygens (including phenoxy) is 2. The second-order valence-electron chi connectivity index (χ2n) is 8.23. The van der Waals surface area contributed by atoms with Gasteiger partial charge in [-0.1, -0.05) is 25.5 Å². The van der Waals surface area contributed by atoms with Gasteiger partial charge in [0.05, 0.1) is 24.9 Å². The van der Waals surface area contributed by atoms with Crippen LogP contribution >= 0.6 is 0 Å². The molecule has 1 aliphatic heterocycles. The quantitative estimate of drug-likeness (QED) is 0.311. The maximum atomic E-state index is 12.5. The van der Waals surface area contributed by atoms with Crippen LogP contribution in [-0.2, 0) is 16.0 Å². The number of rotatable bonds is 13. The minimum Gasteiger partial charge on any atom is -0.465 e. The predicted molar refractivity (Wildman–Crippen MR) is 120 cm³/mol. The molecule has 0 aliphatic carbocycles. The van der Waals surface area contributed by atoms with E-state index in [1.165, 1.54) is 0 Å². The van der Waals surface area contributed by atoms with E-state index in [-0.39, 0.29) is 18.6 Å². The SMILES string of the molecule is CCC(CCN)CCNC(=O)C(Cc1ccc(O[C@H]2CC(O)C[C@@H](CO)O2)cc1)NC. The molecule has 1 amide bonds. The summed E-state index contributed by atoms with van der Waals surface area (Å²) in [4.78, 5) is 12.5. The maximum Gasteiger partial charge on any atom is 0.237 e. The Bertz CT molecular complexity index is 643. The van der Waals surface area contributed by atoms with Crippen molar-refractivity contribution in [2.45, 2.75) is 70.0 Å². The van der Waals surface area contributed by atoms with Crippen LogP contribution in [-0.4, -0.2) is 67.4 Å². The lowest BCUT2D eigenvalue weighted by atomic mass is 9.98. The number of carbonyl (C=O) groups is 1. The second-order valence-corrected chi connectivity index (χ2v) is 8.23. The largest absolute Gasteiger partial charge is 0.465 e. The molecule has 0 bridgehead atoms. The zero-order chi connectivity index (χ0) is 22.6. The van der Waals surface area contributed by atoms with Crippen LogP contribution in [0.4, 0.5) is 0 Å². The van der Waals surface area contributed by atoms with Crippen molar-refractivity contribution in [1.82, 2.24) is 10.6 Å². The van der Waals surface area contributed by atoms with Crippen LogP contribution in [0.15, 0.2) is 24.3 Å². The molecule has 1 heterocycles. The van der Waals surface area contributed by atoms with Crippen molar-refractivity contribution in [3.05, 3.63) is 29.8 Å². The molecule has 8 nitrogen and oxygen atoms in total. The monoisotopic (exact) mass is 437 g/mol. The minimum absolute atomic E-state index is 0.00920. The smallest absolute Gasteiger partial charge is 0.237 e. The lowest BCUT2D eigenvalue weighted by Gasteiger charge is -2.32. The molecule has 2 rings (SSSR count). The summed E-state index contributed by atoms with van der Waals surface area (Å²) in [5, 5.41) is 25.3. The highest BCUT2D eigenvalue weighted by atomic mass is 16.7. The lowest BCUT2D eigenvalue weighted by Crippen LogP contribution is -2.44. The molecule has 0 radical (unpaired) electrons. The molecule has 8 heteroatoms. The zero-order valence-corrected chi connectivity index (χ0v) is 18.8. The summed E-state index contributed by atoms with van der Waals surface area (Å²) in [5.41, 5.74) is 6.65. The van der Waals surface area contributed by atoms with Crippen molar-refractivity contribution >= 4 is 5.91 Å². The fraction of sp³-hybridized carbons (Fsp3) is 0.696. The van der Waals surface area contributed by atoms with Crippen LogP contribution in [0.3, 0.4) is 0 Å². The average molecular weight is 438 g/mol. The molecule has 1 fully saturated rings. The molecule has 5 atom stereocenters. The third-order valence-corrected chi connectivity index (χ3v) is 5.85. The van der Waals surface area contributed by atoms with Crippen molar-refractivity contribution in [3.63, 3.8) is 0 Å². The number of benzene rings is 1. The summed E-state index contributed by atoms with van der Waals surface area (Å²) >= 11 is 0. The molecule has 0 spiro atoms. The molecule has 1 aromatic carbocycles. The number of aliphatic hydroxyl groups is 2. The minimum atomic E-state index is -0.589. The Morgan fingerprint density at radius 2 is 2.03 bits per heavy atom. The van der Waals surface area contributed by atoms with Crippen molar-refractivity contribution in [2.75, 3.05) is 26.7 Å². The van der Waals surface area contributed by atoms with Crippen molar-refractivity contribution in [3.8, 4) is 5.75 Å². The molecular weight excluding hydrogens is 398 g/mol. The Labute approximate surface area is 185 Å². The van der Waals surface area contributed by atoms with E-state index in [1.54, 1.807) is 7.05 Å². The fourth-order valence-corrected chi connectivity index (χ4v) is 3.87. The van der Waals surface area contributed by atoms with Gasteiger partial charge in [0.1, 0.15) is 5.75 Å². The molecule has 1 aromatic rings. The van der Waals surface area contributed by atoms with Crippen LogP contribution in [0.2, 0.25) is 0 Å². The highest BCUT2D eigenvalue weighted by Gasteiger charge is 2.29. The van der Waals surface area contributed by atoms with E-state index in [2.05, 4.69) is 17.6 Å². The van der Waals surface area contributed by atoms with Crippen molar-refractivity contribution in [2.24, 2.45) is 11.7 Å². The standard InChI is InChI=1S/C23H39N3O5/c1-3-16(8-10-24)9-11-26-23(29)21(25-2)12-17-4-6-19(7-5-17)30-22-14-18(28)13-20(15-27)31-22/h4-7,16,18,20-22,25,27-28H,3,8-15,24H2,1-2H3,(H,26,29)/t16?,18?,20-,21?,22+/m0/s1. The second kappa shape index (κ2) is 13.6. The van der Waals surface area contributed by atoms with Gasteiger partial charge in [-0.25, -0.2) is 0 Å². The van der Waals surface area contributed by atoms with Gasteiger partial charge in [0, 0.05) is 19.4 Å². The van der Waals surface area contributed by atoms with Crippen LogP contribution in [0.5, 0.6) is 5.75 Å². The molecule has 1 aliphatic rings. The van der Waals surface area contributed by atoms with E-state index in [0.29, 0.717) is 44.0 Å². The van der Waals surface area contributed by atoms with Gasteiger partial charge in [0.25, 0.3) is 0 Å². The van der Waals surface area contributed by atoms with Gasteiger partial charge in [-0.05, 0) is 56.5 Å². The number of carbonyl (C=O) groups excluding carboxylic acids is 1. The normalized spacial score (nSPS) is 23.2. The number of hydrogen-bond acceptors (Lipinski definition) is 7. The fourth-order valence-electron chi connectivity index (χ4n) is 3.87. The van der Waals surface area contributed by atoms with E-state index in [4.69, 9.17) is 15.2 Å². The van der Waals surface area contributed by atoms with Gasteiger partial charge in [-0.3, -0.25) is 4.79 Å². The van der Waals surface area contributed by atoms with Gasteiger partial charge in [-0.15, -0.1) is 0 Å². The average Bonchev–Trinajstić information content (AvgIpc) is 2.77. The number of hydrogen-bond donors (Lipinski definition) is 5. The first-order valence-electron chi connectivity index (χ1n) is 11.3. The number of nitrogens with one attached hydrogen (secondary N) is 2. The first-order chi connectivity index (χ1) is 15.0. The van der Waals surface area contributed by atoms with Crippen LogP contribution < -0.4 is 21.1 Å². The predicted octanol–water partition coefficient (Wildman–Crippen LogP) is 0.936. The highest BCUT2D eigenvalue weighted by molar-refractivity contribution is 5.82. The van der Waals surface area contributed by atoms with Gasteiger partial charge in [0.2, 0.25) is 12.2 Å². The summed E-state index contributed by atoms with van der Waals surface area (Å²) in [5.74, 6) is 1.16. The van der Waals surface area contributed by atoms with E-state index in [0.717, 1.165) is 24.8 Å². The third kappa shape index (κ3) is 8.74. The van der Waals surface area contributed by atoms with E-state index < -0.39 is 18.5 Å². The zero-order valence-electron chi connectivity index (χ0n) is 18.8. The molecule has 6 N–H and O–H groups in total. The Balaban J connectivity index is 1.82. The van der Waals surface area contributed by atoms with Crippen LogP contribution in [0, 0.1) is 5.92 Å². The van der Waals surface area contributed by atoms with Gasteiger partial charge in [0.15, 0.2) is 0 Å². The van der Waals surface area contributed by atoms with Gasteiger partial charge < -0.3 is 36.1 Å². The van der Waals surface area contributed by atoms with Crippen molar-refractivity contribution in [1.29, 1.82) is 0 Å². The maximum absolute atomic E-state index is 12.5. The van der Waals surface area contributed by atoms with Gasteiger partial charge >= 0.3 is 0 Å². The number of aliphatic hydroxyl groups excluding tert-OH is 2. The molecule has 0 saturated carbocycles.